The summed E-state index contributed by atoms with van der Waals surface area (Å²) in [6, 6.07) is 1.04. The minimum atomic E-state index is -3.82. The maximum Gasteiger partial charge on any atom is 0.244 e. The Balaban J connectivity index is 2.27. The molecule has 8 heteroatoms. The molecule has 0 saturated carbocycles. The number of aryl methyl sites for hydroxylation is 2. The van der Waals surface area contributed by atoms with Gasteiger partial charge >= 0.3 is 0 Å². The van der Waals surface area contributed by atoms with Gasteiger partial charge in [0, 0.05) is 11.6 Å². The fraction of sp³-hybridized carbons (Fsp3) is 0.375. The molecular weight excluding hydrogens is 346 g/mol. The smallest absolute Gasteiger partial charge is 0.244 e. The van der Waals surface area contributed by atoms with Gasteiger partial charge in [-0.1, -0.05) is 6.07 Å². The van der Waals surface area contributed by atoms with Crippen LogP contribution in [0.3, 0.4) is 0 Å². The number of benzene rings is 1. The molecule has 1 aromatic heterocycles. The highest BCUT2D eigenvalue weighted by atomic mass is 32.2. The Morgan fingerprint density at radius 2 is 1.75 bits per heavy atom. The highest BCUT2D eigenvalue weighted by molar-refractivity contribution is 7.89. The molecule has 0 radical (unpaired) electrons. The van der Waals surface area contributed by atoms with E-state index < -0.39 is 22.0 Å². The fourth-order valence-corrected chi connectivity index (χ4v) is 4.78. The molecule has 0 saturated heterocycles. The minimum Gasteiger partial charge on any atom is -0.301 e. The second-order valence-electron chi connectivity index (χ2n) is 5.76. The monoisotopic (exact) mass is 367 g/mol. The third-order valence-corrected chi connectivity index (χ3v) is 6.46. The van der Waals surface area contributed by atoms with Crippen molar-refractivity contribution in [1.29, 1.82) is 0 Å². The number of sulfonamides is 1. The summed E-state index contributed by atoms with van der Waals surface area (Å²) in [5.74, 6) is -0.451. The Morgan fingerprint density at radius 1 is 1.17 bits per heavy atom. The molecule has 2 N–H and O–H groups in total. The number of carbonyl (C=O) groups excluding carboxylic acids is 1. The van der Waals surface area contributed by atoms with Crippen LogP contribution in [0.5, 0.6) is 0 Å². The first-order valence-electron chi connectivity index (χ1n) is 7.43. The second kappa shape index (κ2) is 7.00. The number of thiazole rings is 1. The topological polar surface area (TPSA) is 88.2 Å². The Kier molecular flexibility index (Phi) is 5.42. The zero-order valence-corrected chi connectivity index (χ0v) is 15.9. The molecule has 2 rings (SSSR count). The third-order valence-electron chi connectivity index (χ3n) is 3.95. The standard InChI is InChI=1S/C16H21N3O3S2/c1-9-8-10(2)12(4)14(11(9)3)24(21,22)19-13(5)15(20)18-16-17-6-7-23-16/h6-8,13,19H,1-5H3,(H,17,18,20)/t13-/m1/s1. The molecule has 0 unspecified atom stereocenters. The van der Waals surface area contributed by atoms with Crippen LogP contribution in [0.1, 0.15) is 29.2 Å². The van der Waals surface area contributed by atoms with Crippen LogP contribution in [0, 0.1) is 27.7 Å². The van der Waals surface area contributed by atoms with E-state index in [-0.39, 0.29) is 4.90 Å². The van der Waals surface area contributed by atoms with Crippen molar-refractivity contribution in [1.82, 2.24) is 9.71 Å². The van der Waals surface area contributed by atoms with Gasteiger partial charge in [0.05, 0.1) is 10.9 Å². The summed E-state index contributed by atoms with van der Waals surface area (Å²) in [6.07, 6.45) is 1.57. The molecule has 0 bridgehead atoms. The zero-order valence-electron chi connectivity index (χ0n) is 14.3. The van der Waals surface area contributed by atoms with Gasteiger partial charge in [-0.05, 0) is 56.9 Å². The van der Waals surface area contributed by atoms with E-state index in [0.29, 0.717) is 16.3 Å². The van der Waals surface area contributed by atoms with Crippen molar-refractivity contribution in [2.24, 2.45) is 0 Å². The quantitative estimate of drug-likeness (QED) is 0.850. The van der Waals surface area contributed by atoms with Crippen molar-refractivity contribution in [3.63, 3.8) is 0 Å². The highest BCUT2D eigenvalue weighted by Crippen LogP contribution is 2.26. The van der Waals surface area contributed by atoms with E-state index in [0.717, 1.165) is 11.1 Å². The lowest BCUT2D eigenvalue weighted by Gasteiger charge is -2.18. The maximum absolute atomic E-state index is 12.8. The summed E-state index contributed by atoms with van der Waals surface area (Å²) in [5, 5.41) is 4.75. The predicted octanol–water partition coefficient (Wildman–Crippen LogP) is 2.68. The average molecular weight is 367 g/mol. The molecule has 130 valence electrons. The molecule has 1 heterocycles. The summed E-state index contributed by atoms with van der Waals surface area (Å²) in [5.41, 5.74) is 3.19. The number of anilines is 1. The van der Waals surface area contributed by atoms with Crippen LogP contribution in [-0.2, 0) is 14.8 Å². The van der Waals surface area contributed by atoms with E-state index in [9.17, 15) is 13.2 Å². The fourth-order valence-electron chi connectivity index (χ4n) is 2.43. The van der Waals surface area contributed by atoms with Gasteiger partial charge in [0.2, 0.25) is 15.9 Å². The van der Waals surface area contributed by atoms with E-state index in [2.05, 4.69) is 15.0 Å². The number of amides is 1. The molecule has 0 aliphatic heterocycles. The number of nitrogens with one attached hydrogen (secondary N) is 2. The van der Waals surface area contributed by atoms with Gasteiger partial charge in [-0.25, -0.2) is 13.4 Å². The lowest BCUT2D eigenvalue weighted by molar-refractivity contribution is -0.117. The Morgan fingerprint density at radius 3 is 2.25 bits per heavy atom. The number of hydrogen-bond acceptors (Lipinski definition) is 5. The van der Waals surface area contributed by atoms with Crippen LogP contribution in [0.4, 0.5) is 5.13 Å². The normalized spacial score (nSPS) is 12.9. The molecule has 0 aliphatic rings. The van der Waals surface area contributed by atoms with E-state index in [1.54, 1.807) is 25.4 Å². The van der Waals surface area contributed by atoms with Crippen molar-refractivity contribution in [3.05, 3.63) is 39.9 Å². The Hall–Kier alpha value is -1.77. The van der Waals surface area contributed by atoms with Crippen molar-refractivity contribution < 1.29 is 13.2 Å². The van der Waals surface area contributed by atoms with Crippen molar-refractivity contribution >= 4 is 32.4 Å². The lowest BCUT2D eigenvalue weighted by atomic mass is 10.0. The van der Waals surface area contributed by atoms with Crippen molar-refractivity contribution in [2.45, 2.75) is 45.6 Å². The van der Waals surface area contributed by atoms with Gasteiger partial charge in [0.15, 0.2) is 5.13 Å². The second-order valence-corrected chi connectivity index (χ2v) is 8.30. The number of nitrogens with zero attached hydrogens (tertiary/aromatic N) is 1. The summed E-state index contributed by atoms with van der Waals surface area (Å²) < 4.78 is 28.0. The summed E-state index contributed by atoms with van der Waals surface area (Å²) in [6.45, 7) is 8.81. The SMILES string of the molecule is Cc1cc(C)c(C)c(S(=O)(=O)N[C@H](C)C(=O)Nc2nccs2)c1C. The summed E-state index contributed by atoms with van der Waals surface area (Å²) in [7, 11) is -3.82. The number of rotatable bonds is 5. The van der Waals surface area contributed by atoms with Gasteiger partial charge in [0.1, 0.15) is 0 Å². The number of hydrogen-bond donors (Lipinski definition) is 2. The first-order chi connectivity index (χ1) is 11.1. The number of aromatic nitrogens is 1. The molecule has 6 nitrogen and oxygen atoms in total. The molecule has 1 amide bonds. The summed E-state index contributed by atoms with van der Waals surface area (Å²) in [4.78, 5) is 16.4. The molecule has 1 aromatic carbocycles. The highest BCUT2D eigenvalue weighted by Gasteiger charge is 2.26. The van der Waals surface area contributed by atoms with Gasteiger partial charge in [-0.3, -0.25) is 4.79 Å². The molecule has 0 fully saturated rings. The van der Waals surface area contributed by atoms with E-state index >= 15 is 0 Å². The Bertz CT molecular complexity index is 833. The largest absolute Gasteiger partial charge is 0.301 e. The van der Waals surface area contributed by atoms with Gasteiger partial charge in [0.25, 0.3) is 0 Å². The van der Waals surface area contributed by atoms with Gasteiger partial charge in [-0.2, -0.15) is 4.72 Å². The molecule has 0 spiro atoms. The predicted molar refractivity (Wildman–Crippen MR) is 95.9 cm³/mol. The molecule has 0 aliphatic carbocycles. The van der Waals surface area contributed by atoms with Crippen LogP contribution >= 0.6 is 11.3 Å². The lowest BCUT2D eigenvalue weighted by Crippen LogP contribution is -2.42. The van der Waals surface area contributed by atoms with E-state index in [1.807, 2.05) is 19.9 Å². The minimum absolute atomic E-state index is 0.244. The van der Waals surface area contributed by atoms with Gasteiger partial charge < -0.3 is 5.32 Å². The van der Waals surface area contributed by atoms with Crippen LogP contribution in [0.15, 0.2) is 22.5 Å². The van der Waals surface area contributed by atoms with Crippen molar-refractivity contribution in [2.75, 3.05) is 5.32 Å². The number of carbonyl (C=O) groups is 1. The van der Waals surface area contributed by atoms with Crippen LogP contribution in [-0.4, -0.2) is 25.4 Å². The molecule has 1 atom stereocenters. The van der Waals surface area contributed by atoms with Crippen LogP contribution in [0.25, 0.3) is 0 Å². The van der Waals surface area contributed by atoms with Crippen molar-refractivity contribution in [3.8, 4) is 0 Å². The van der Waals surface area contributed by atoms with E-state index in [4.69, 9.17) is 0 Å². The zero-order chi connectivity index (χ0) is 18.1. The third kappa shape index (κ3) is 3.82. The first-order valence-corrected chi connectivity index (χ1v) is 9.80. The molecule has 2 aromatic rings. The molecule has 24 heavy (non-hydrogen) atoms. The van der Waals surface area contributed by atoms with Gasteiger partial charge in [-0.15, -0.1) is 11.3 Å². The average Bonchev–Trinajstić information content (AvgIpc) is 2.97. The summed E-state index contributed by atoms with van der Waals surface area (Å²) >= 11 is 1.27. The maximum atomic E-state index is 12.8. The van der Waals surface area contributed by atoms with Crippen LogP contribution in [0.2, 0.25) is 0 Å². The van der Waals surface area contributed by atoms with Crippen LogP contribution < -0.4 is 10.0 Å². The van der Waals surface area contributed by atoms with E-state index in [1.165, 1.54) is 18.3 Å². The molecular formula is C16H21N3O3S2. The first kappa shape index (κ1) is 18.6. The Labute approximate surface area is 146 Å².